The first-order valence-electron chi connectivity index (χ1n) is 3.04. The van der Waals surface area contributed by atoms with Gasteiger partial charge in [0.1, 0.15) is 5.76 Å². The number of Topliss-reactive ketones (excluding diaryl/α,β-unsaturated/α-hetero) is 1. The van der Waals surface area contributed by atoms with E-state index in [4.69, 9.17) is 5.11 Å². The van der Waals surface area contributed by atoms with Crippen LogP contribution in [0.2, 0.25) is 0 Å². The molecule has 0 atom stereocenters. The van der Waals surface area contributed by atoms with Crippen molar-refractivity contribution >= 4 is 11.8 Å². The molecular formula is C7H10O4. The van der Waals surface area contributed by atoms with Crippen LogP contribution in [-0.2, 0) is 14.3 Å². The number of allylic oxidation sites excluding steroid dienone is 2. The van der Waals surface area contributed by atoms with Gasteiger partial charge in [-0.15, -0.1) is 0 Å². The quantitative estimate of drug-likeness (QED) is 0.369. The van der Waals surface area contributed by atoms with Gasteiger partial charge in [0.2, 0.25) is 5.76 Å². The summed E-state index contributed by atoms with van der Waals surface area (Å²) >= 11 is 0. The third kappa shape index (κ3) is 3.40. The maximum absolute atomic E-state index is 10.6. The maximum atomic E-state index is 10.6. The standard InChI is InChI=1S/C7H10O4/c1-4(8)7(5(2)9)11-6(3)10/h8H,1-3H3/b7-4+. The monoisotopic (exact) mass is 158 g/mol. The van der Waals surface area contributed by atoms with Crippen LogP contribution in [0.4, 0.5) is 0 Å². The van der Waals surface area contributed by atoms with Crippen molar-refractivity contribution in [1.29, 1.82) is 0 Å². The van der Waals surface area contributed by atoms with Crippen LogP contribution in [0.25, 0.3) is 0 Å². The summed E-state index contributed by atoms with van der Waals surface area (Å²) in [6.07, 6.45) is 0. The zero-order chi connectivity index (χ0) is 9.02. The van der Waals surface area contributed by atoms with Gasteiger partial charge < -0.3 is 9.84 Å². The second-order valence-electron chi connectivity index (χ2n) is 2.06. The lowest BCUT2D eigenvalue weighted by atomic mass is 10.3. The molecule has 0 aromatic rings. The second kappa shape index (κ2) is 3.75. The van der Waals surface area contributed by atoms with E-state index in [0.29, 0.717) is 0 Å². The molecule has 0 unspecified atom stereocenters. The number of esters is 1. The molecule has 0 bridgehead atoms. The zero-order valence-corrected chi connectivity index (χ0v) is 6.67. The Hall–Kier alpha value is -1.32. The summed E-state index contributed by atoms with van der Waals surface area (Å²) in [7, 11) is 0. The van der Waals surface area contributed by atoms with Gasteiger partial charge in [-0.1, -0.05) is 0 Å². The fourth-order valence-electron chi connectivity index (χ4n) is 0.544. The fraction of sp³-hybridized carbons (Fsp3) is 0.429. The van der Waals surface area contributed by atoms with Gasteiger partial charge in [-0.05, 0) is 6.92 Å². The summed E-state index contributed by atoms with van der Waals surface area (Å²) < 4.78 is 4.41. The van der Waals surface area contributed by atoms with Crippen LogP contribution in [0, 0.1) is 0 Å². The lowest BCUT2D eigenvalue weighted by molar-refractivity contribution is -0.140. The highest BCUT2D eigenvalue weighted by atomic mass is 16.5. The minimum Gasteiger partial charge on any atom is -0.509 e. The highest BCUT2D eigenvalue weighted by molar-refractivity contribution is 5.93. The van der Waals surface area contributed by atoms with Gasteiger partial charge in [-0.3, -0.25) is 9.59 Å². The maximum Gasteiger partial charge on any atom is 0.308 e. The number of aliphatic hydroxyl groups excluding tert-OH is 1. The number of aliphatic hydroxyl groups is 1. The Morgan fingerprint density at radius 2 is 1.64 bits per heavy atom. The molecule has 0 aliphatic rings. The zero-order valence-electron chi connectivity index (χ0n) is 6.67. The Balaban J connectivity index is 4.52. The van der Waals surface area contributed by atoms with Gasteiger partial charge in [0.05, 0.1) is 0 Å². The van der Waals surface area contributed by atoms with Crippen LogP contribution in [-0.4, -0.2) is 16.9 Å². The van der Waals surface area contributed by atoms with Gasteiger partial charge >= 0.3 is 5.97 Å². The van der Waals surface area contributed by atoms with Crippen molar-refractivity contribution in [3.8, 4) is 0 Å². The molecule has 0 saturated carbocycles. The van der Waals surface area contributed by atoms with Crippen LogP contribution in [0.15, 0.2) is 11.5 Å². The molecule has 0 saturated heterocycles. The van der Waals surface area contributed by atoms with Crippen LogP contribution in [0.3, 0.4) is 0 Å². The Labute approximate surface area is 64.5 Å². The van der Waals surface area contributed by atoms with Crippen LogP contribution in [0.1, 0.15) is 20.8 Å². The summed E-state index contributed by atoms with van der Waals surface area (Å²) in [4.78, 5) is 21.0. The van der Waals surface area contributed by atoms with Crippen LogP contribution < -0.4 is 0 Å². The minimum absolute atomic E-state index is 0.285. The molecule has 0 aromatic heterocycles. The van der Waals surface area contributed by atoms with Crippen molar-refractivity contribution in [3.63, 3.8) is 0 Å². The van der Waals surface area contributed by atoms with E-state index >= 15 is 0 Å². The molecule has 0 radical (unpaired) electrons. The summed E-state index contributed by atoms with van der Waals surface area (Å²) in [6.45, 7) is 3.64. The average Bonchev–Trinajstić information content (AvgIpc) is 1.81. The normalized spacial score (nSPS) is 11.9. The van der Waals surface area contributed by atoms with E-state index < -0.39 is 11.8 Å². The van der Waals surface area contributed by atoms with E-state index in [2.05, 4.69) is 4.74 Å². The molecular weight excluding hydrogens is 148 g/mol. The molecule has 4 heteroatoms. The van der Waals surface area contributed by atoms with E-state index in [1.165, 1.54) is 13.8 Å². The van der Waals surface area contributed by atoms with Crippen molar-refractivity contribution < 1.29 is 19.4 Å². The Bertz CT molecular complexity index is 210. The molecule has 1 N–H and O–H groups in total. The predicted octanol–water partition coefficient (Wildman–Crippen LogP) is 0.928. The van der Waals surface area contributed by atoms with Crippen molar-refractivity contribution in [2.24, 2.45) is 0 Å². The van der Waals surface area contributed by atoms with Crippen molar-refractivity contribution in [1.82, 2.24) is 0 Å². The second-order valence-corrected chi connectivity index (χ2v) is 2.06. The van der Waals surface area contributed by atoms with E-state index in [1.54, 1.807) is 0 Å². The first-order valence-corrected chi connectivity index (χ1v) is 3.04. The average molecular weight is 158 g/mol. The van der Waals surface area contributed by atoms with Gasteiger partial charge in [-0.2, -0.15) is 0 Å². The Kier molecular flexibility index (Phi) is 3.30. The molecule has 0 aliphatic carbocycles. The Morgan fingerprint density at radius 1 is 1.18 bits per heavy atom. The fourth-order valence-corrected chi connectivity index (χ4v) is 0.544. The van der Waals surface area contributed by atoms with Crippen LogP contribution in [0.5, 0.6) is 0 Å². The molecule has 11 heavy (non-hydrogen) atoms. The van der Waals surface area contributed by atoms with Gasteiger partial charge in [-0.25, -0.2) is 0 Å². The van der Waals surface area contributed by atoms with Crippen molar-refractivity contribution in [3.05, 3.63) is 11.5 Å². The largest absolute Gasteiger partial charge is 0.509 e. The number of hydrogen-bond acceptors (Lipinski definition) is 4. The molecule has 0 aliphatic heterocycles. The number of carbonyl (C=O) groups excluding carboxylic acids is 2. The first kappa shape index (κ1) is 9.68. The molecule has 0 aromatic carbocycles. The van der Waals surface area contributed by atoms with E-state index in [-0.39, 0.29) is 11.5 Å². The lowest BCUT2D eigenvalue weighted by Crippen LogP contribution is -2.08. The van der Waals surface area contributed by atoms with Crippen molar-refractivity contribution in [2.75, 3.05) is 0 Å². The number of ether oxygens (including phenoxy) is 1. The molecule has 0 rings (SSSR count). The smallest absolute Gasteiger partial charge is 0.308 e. The summed E-state index contributed by atoms with van der Waals surface area (Å²) in [5, 5.41) is 8.81. The first-order chi connectivity index (χ1) is 4.95. The molecule has 62 valence electrons. The molecule has 0 spiro atoms. The van der Waals surface area contributed by atoms with Gasteiger partial charge in [0.15, 0.2) is 5.78 Å². The summed E-state index contributed by atoms with van der Waals surface area (Å²) in [5.41, 5.74) is 0. The third-order valence-electron chi connectivity index (χ3n) is 0.894. The lowest BCUT2D eigenvalue weighted by Gasteiger charge is -2.02. The van der Waals surface area contributed by atoms with E-state index in [9.17, 15) is 9.59 Å². The molecule has 0 fully saturated rings. The number of carbonyl (C=O) groups is 2. The number of ketones is 1. The van der Waals surface area contributed by atoms with Crippen molar-refractivity contribution in [2.45, 2.75) is 20.8 Å². The number of hydrogen-bond donors (Lipinski definition) is 1. The third-order valence-corrected chi connectivity index (χ3v) is 0.894. The van der Waals surface area contributed by atoms with E-state index in [1.807, 2.05) is 0 Å². The minimum atomic E-state index is -0.622. The topological polar surface area (TPSA) is 63.6 Å². The Morgan fingerprint density at radius 3 is 1.73 bits per heavy atom. The predicted molar refractivity (Wildman–Crippen MR) is 37.8 cm³/mol. The van der Waals surface area contributed by atoms with Crippen LogP contribution >= 0.6 is 0 Å². The van der Waals surface area contributed by atoms with Gasteiger partial charge in [0.25, 0.3) is 0 Å². The highest BCUT2D eigenvalue weighted by Gasteiger charge is 2.11. The molecule has 0 amide bonds. The highest BCUT2D eigenvalue weighted by Crippen LogP contribution is 2.04. The summed E-state index contributed by atoms with van der Waals surface area (Å²) in [6, 6.07) is 0. The number of rotatable bonds is 2. The SMILES string of the molecule is CC(=O)O/C(C(C)=O)=C(\C)O. The summed E-state index contributed by atoms with van der Waals surface area (Å²) in [5.74, 6) is -1.67. The van der Waals surface area contributed by atoms with E-state index in [0.717, 1.165) is 6.92 Å². The van der Waals surface area contributed by atoms with Gasteiger partial charge in [0, 0.05) is 13.8 Å². The molecule has 0 heterocycles. The molecule has 4 nitrogen and oxygen atoms in total.